The van der Waals surface area contributed by atoms with E-state index in [9.17, 15) is 18.0 Å². The molecule has 9 nitrogen and oxygen atoms in total. The second-order valence-corrected chi connectivity index (χ2v) is 12.5. The van der Waals surface area contributed by atoms with Gasteiger partial charge in [0, 0.05) is 27.8 Å². The number of sulfonamides is 1. The number of rotatable bonds is 7. The van der Waals surface area contributed by atoms with E-state index in [1.807, 2.05) is 42.5 Å². The second kappa shape index (κ2) is 11.1. The van der Waals surface area contributed by atoms with Crippen LogP contribution in [0.25, 0.3) is 22.0 Å². The zero-order valence-electron chi connectivity index (χ0n) is 23.3. The highest BCUT2D eigenvalue weighted by Gasteiger charge is 2.21. The summed E-state index contributed by atoms with van der Waals surface area (Å²) in [6, 6.07) is 27.3. The predicted molar refractivity (Wildman–Crippen MR) is 164 cm³/mol. The van der Waals surface area contributed by atoms with Crippen LogP contribution in [0.2, 0.25) is 0 Å². The van der Waals surface area contributed by atoms with Gasteiger partial charge in [0.2, 0.25) is 11.8 Å². The molecule has 2 amide bonds. The Kier molecular flexibility index (Phi) is 7.49. The minimum absolute atomic E-state index is 0.102. The predicted octanol–water partition coefficient (Wildman–Crippen LogP) is 6.64. The first-order valence-corrected chi connectivity index (χ1v) is 14.6. The molecule has 214 valence electrons. The number of hydrogen-bond donors (Lipinski definition) is 4. The van der Waals surface area contributed by atoms with Gasteiger partial charge < -0.3 is 15.5 Å². The number of hydrogen-bond acceptors (Lipinski definition) is 5. The molecule has 4 aromatic carbocycles. The van der Waals surface area contributed by atoms with Crippen molar-refractivity contribution in [3.05, 3.63) is 108 Å². The van der Waals surface area contributed by atoms with Gasteiger partial charge in [0.15, 0.2) is 0 Å². The van der Waals surface area contributed by atoms with Crippen molar-refractivity contribution in [2.45, 2.75) is 31.1 Å². The SMILES string of the molecule is CC(C)(C)c1ccc(S(=O)(=O)Nc2ccc3[nH]c(OC(=O)Nc4ccc(C(N)=O)cc4)c(-c4ccccc4)c3c2)cc1. The zero-order valence-corrected chi connectivity index (χ0v) is 24.1. The first kappa shape index (κ1) is 28.4. The van der Waals surface area contributed by atoms with E-state index in [-0.39, 0.29) is 16.2 Å². The van der Waals surface area contributed by atoms with E-state index in [0.717, 1.165) is 11.1 Å². The lowest BCUT2D eigenvalue weighted by atomic mass is 9.87. The van der Waals surface area contributed by atoms with Gasteiger partial charge in [-0.05, 0) is 71.1 Å². The highest BCUT2D eigenvalue weighted by atomic mass is 32.2. The van der Waals surface area contributed by atoms with Gasteiger partial charge in [-0.25, -0.2) is 13.2 Å². The largest absolute Gasteiger partial charge is 0.418 e. The second-order valence-electron chi connectivity index (χ2n) is 10.8. The fourth-order valence-corrected chi connectivity index (χ4v) is 5.55. The van der Waals surface area contributed by atoms with Gasteiger partial charge in [-0.3, -0.25) is 14.8 Å². The maximum Gasteiger partial charge on any atom is 0.418 e. The third-order valence-electron chi connectivity index (χ3n) is 6.72. The summed E-state index contributed by atoms with van der Waals surface area (Å²) in [4.78, 5) is 27.4. The standard InChI is InChI=1S/C32H30N4O5S/c1-32(2,3)22-11-16-25(17-12-22)42(39,40)36-24-15-18-27-26(19-24)28(20-7-5-4-6-8-20)30(35-27)41-31(38)34-23-13-9-21(10-14-23)29(33)37/h4-19,35-36H,1-3H3,(H2,33,37)(H,34,38). The molecule has 0 aliphatic carbocycles. The lowest BCUT2D eigenvalue weighted by Gasteiger charge is -2.19. The Balaban J connectivity index is 1.45. The number of aromatic amines is 1. The van der Waals surface area contributed by atoms with Crippen LogP contribution >= 0.6 is 0 Å². The summed E-state index contributed by atoms with van der Waals surface area (Å²) in [7, 11) is -3.86. The van der Waals surface area contributed by atoms with Crippen molar-refractivity contribution >= 4 is 44.3 Å². The first-order chi connectivity index (χ1) is 19.9. The Morgan fingerprint density at radius 2 is 1.48 bits per heavy atom. The molecule has 5 aromatic rings. The quantitative estimate of drug-likeness (QED) is 0.170. The topological polar surface area (TPSA) is 143 Å². The minimum atomic E-state index is -3.86. The Morgan fingerprint density at radius 3 is 2.10 bits per heavy atom. The van der Waals surface area contributed by atoms with Crippen molar-refractivity contribution in [3.63, 3.8) is 0 Å². The molecular formula is C32H30N4O5S. The number of H-pyrrole nitrogens is 1. The molecule has 0 bridgehead atoms. The molecule has 0 aliphatic heterocycles. The molecule has 42 heavy (non-hydrogen) atoms. The molecule has 1 heterocycles. The highest BCUT2D eigenvalue weighted by molar-refractivity contribution is 7.92. The fourth-order valence-electron chi connectivity index (χ4n) is 4.50. The molecule has 0 atom stereocenters. The van der Waals surface area contributed by atoms with Crippen LogP contribution in [0.15, 0.2) is 102 Å². The maximum absolute atomic E-state index is 13.2. The lowest BCUT2D eigenvalue weighted by molar-refractivity contribution is 0.1000. The minimum Gasteiger partial charge on any atom is -0.392 e. The summed E-state index contributed by atoms with van der Waals surface area (Å²) < 4.78 is 34.8. The van der Waals surface area contributed by atoms with Crippen LogP contribution in [0.1, 0.15) is 36.7 Å². The summed E-state index contributed by atoms with van der Waals surface area (Å²) in [6.45, 7) is 6.19. The molecule has 10 heteroatoms. The van der Waals surface area contributed by atoms with Gasteiger partial charge in [0.25, 0.3) is 10.0 Å². The van der Waals surface area contributed by atoms with Crippen LogP contribution < -0.4 is 20.5 Å². The molecule has 0 saturated carbocycles. The third-order valence-corrected chi connectivity index (χ3v) is 8.12. The van der Waals surface area contributed by atoms with Crippen molar-refractivity contribution in [2.75, 3.05) is 10.0 Å². The average molecular weight is 583 g/mol. The normalized spacial score (nSPS) is 11.7. The summed E-state index contributed by atoms with van der Waals surface area (Å²) in [5.74, 6) is -0.393. The molecule has 0 aliphatic rings. The van der Waals surface area contributed by atoms with E-state index >= 15 is 0 Å². The van der Waals surface area contributed by atoms with Crippen molar-refractivity contribution < 1.29 is 22.7 Å². The Labute approximate surface area is 243 Å². The van der Waals surface area contributed by atoms with Crippen LogP contribution in [0.4, 0.5) is 16.2 Å². The monoisotopic (exact) mass is 582 g/mol. The first-order valence-electron chi connectivity index (χ1n) is 13.1. The van der Waals surface area contributed by atoms with Crippen LogP contribution in [-0.2, 0) is 15.4 Å². The number of benzene rings is 4. The van der Waals surface area contributed by atoms with Crippen LogP contribution in [0, 0.1) is 0 Å². The van der Waals surface area contributed by atoms with Gasteiger partial charge in [0.05, 0.1) is 10.5 Å². The van der Waals surface area contributed by atoms with Gasteiger partial charge >= 0.3 is 6.09 Å². The van der Waals surface area contributed by atoms with E-state index in [2.05, 4.69) is 35.8 Å². The fraction of sp³-hybridized carbons (Fsp3) is 0.125. The summed E-state index contributed by atoms with van der Waals surface area (Å²) in [6.07, 6.45) is -0.759. The molecule has 5 N–H and O–H groups in total. The summed E-state index contributed by atoms with van der Waals surface area (Å²) >= 11 is 0. The number of nitrogens with one attached hydrogen (secondary N) is 3. The smallest absolute Gasteiger partial charge is 0.392 e. The van der Waals surface area contributed by atoms with Gasteiger partial charge in [-0.15, -0.1) is 0 Å². The van der Waals surface area contributed by atoms with Crippen LogP contribution in [0.5, 0.6) is 5.88 Å². The number of carbonyl (C=O) groups excluding carboxylic acids is 2. The molecule has 1 aromatic heterocycles. The Hall–Kier alpha value is -5.09. The van der Waals surface area contributed by atoms with Crippen molar-refractivity contribution in [1.29, 1.82) is 0 Å². The van der Waals surface area contributed by atoms with Gasteiger partial charge in [-0.2, -0.15) is 0 Å². The molecular weight excluding hydrogens is 552 g/mol. The molecule has 5 rings (SSSR count). The van der Waals surface area contributed by atoms with Crippen molar-refractivity contribution in [2.24, 2.45) is 5.73 Å². The molecule has 0 unspecified atom stereocenters. The van der Waals surface area contributed by atoms with E-state index in [1.165, 1.54) is 12.1 Å². The lowest BCUT2D eigenvalue weighted by Crippen LogP contribution is -2.17. The maximum atomic E-state index is 13.2. The summed E-state index contributed by atoms with van der Waals surface area (Å²) in [5, 5.41) is 3.28. The number of amides is 2. The number of aromatic nitrogens is 1. The van der Waals surface area contributed by atoms with Crippen LogP contribution in [0.3, 0.4) is 0 Å². The molecule has 0 spiro atoms. The number of primary amides is 1. The van der Waals surface area contributed by atoms with Gasteiger partial charge in [0.1, 0.15) is 0 Å². The van der Waals surface area contributed by atoms with Crippen LogP contribution in [-0.4, -0.2) is 25.4 Å². The number of ether oxygens (including phenoxy) is 1. The van der Waals surface area contributed by atoms with Gasteiger partial charge in [-0.1, -0.05) is 63.2 Å². The number of carbonyl (C=O) groups is 2. The number of fused-ring (bicyclic) bond motifs is 1. The van der Waals surface area contributed by atoms with E-state index in [4.69, 9.17) is 10.5 Å². The van der Waals surface area contributed by atoms with E-state index in [1.54, 1.807) is 42.5 Å². The third kappa shape index (κ3) is 6.13. The number of nitrogens with two attached hydrogens (primary N) is 1. The summed E-state index contributed by atoms with van der Waals surface area (Å²) in [5.41, 5.74) is 9.26. The highest BCUT2D eigenvalue weighted by Crippen LogP contribution is 2.39. The zero-order chi connectivity index (χ0) is 30.1. The number of anilines is 2. The average Bonchev–Trinajstić information content (AvgIpc) is 3.30. The Bertz CT molecular complexity index is 1870. The Morgan fingerprint density at radius 1 is 0.833 bits per heavy atom. The molecule has 0 radical (unpaired) electrons. The van der Waals surface area contributed by atoms with E-state index in [0.29, 0.717) is 33.4 Å². The van der Waals surface area contributed by atoms with Crippen molar-refractivity contribution in [3.8, 4) is 17.0 Å². The molecule has 0 saturated heterocycles. The molecule has 0 fully saturated rings. The van der Waals surface area contributed by atoms with E-state index < -0.39 is 22.0 Å². The van der Waals surface area contributed by atoms with Crippen molar-refractivity contribution in [1.82, 2.24) is 4.98 Å².